The van der Waals surface area contributed by atoms with Crippen molar-refractivity contribution in [3.63, 3.8) is 0 Å². The highest BCUT2D eigenvalue weighted by Gasteiger charge is 2.24. The van der Waals surface area contributed by atoms with E-state index in [2.05, 4.69) is 5.32 Å². The zero-order chi connectivity index (χ0) is 20.5. The molecule has 144 valence electrons. The number of carbonyl (C=O) groups is 2. The van der Waals surface area contributed by atoms with Crippen LogP contribution >= 0.6 is 11.3 Å². The highest BCUT2D eigenvalue weighted by atomic mass is 32.1. The number of hydrogen-bond donors (Lipinski definition) is 3. The third kappa shape index (κ3) is 4.12. The minimum absolute atomic E-state index is 0.00810. The zero-order valence-corrected chi connectivity index (χ0v) is 16.9. The van der Waals surface area contributed by atoms with Crippen LogP contribution in [0.15, 0.2) is 42.5 Å². The van der Waals surface area contributed by atoms with E-state index in [-0.39, 0.29) is 18.1 Å². The van der Waals surface area contributed by atoms with Gasteiger partial charge in [-0.3, -0.25) is 9.59 Å². The molecule has 28 heavy (non-hydrogen) atoms. The van der Waals surface area contributed by atoms with E-state index in [9.17, 15) is 9.59 Å². The molecule has 0 radical (unpaired) electrons. The van der Waals surface area contributed by atoms with Gasteiger partial charge in [-0.25, -0.2) is 0 Å². The van der Waals surface area contributed by atoms with Gasteiger partial charge < -0.3 is 16.5 Å². The molecule has 5 nitrogen and oxygen atoms in total. The first-order chi connectivity index (χ1) is 13.2. The van der Waals surface area contributed by atoms with Gasteiger partial charge in [-0.1, -0.05) is 18.2 Å². The summed E-state index contributed by atoms with van der Waals surface area (Å²) in [5.41, 5.74) is 7.74. The molecule has 0 fully saturated rings. The molecule has 3 aromatic rings. The molecule has 0 aliphatic rings. The predicted molar refractivity (Wildman–Crippen MR) is 116 cm³/mol. The number of benzene rings is 2. The monoisotopic (exact) mass is 393 g/mol. The number of thiophene rings is 1. The molecule has 0 bridgehead atoms. The number of anilines is 1. The molecule has 2 aromatic carbocycles. The molecule has 0 saturated heterocycles. The van der Waals surface area contributed by atoms with Crippen molar-refractivity contribution in [3.05, 3.63) is 53.6 Å². The van der Waals surface area contributed by atoms with Crippen LogP contribution in [0.3, 0.4) is 0 Å². The summed E-state index contributed by atoms with van der Waals surface area (Å²) in [6.45, 7) is 5.13. The van der Waals surface area contributed by atoms with E-state index in [0.717, 1.165) is 26.7 Å². The number of Topliss-reactive ketones (excluding diaryl/α,β-unsaturated/α-hetero) is 1. The van der Waals surface area contributed by atoms with E-state index < -0.39 is 5.54 Å². The van der Waals surface area contributed by atoms with Gasteiger partial charge in [0.1, 0.15) is 5.78 Å². The Morgan fingerprint density at radius 3 is 2.57 bits per heavy atom. The molecular formula is C22H23N3O2S. The van der Waals surface area contributed by atoms with Crippen molar-refractivity contribution >= 4 is 45.0 Å². The standard InChI is InChI=1S/C22H23N3O2S/c1-13(26)11-22(2,3)25-21(27)15-8-16(12-23)20(24)17(9-15)19-10-14-6-4-5-7-18(14)28-19/h4-10,12,23H,11,24H2,1-3H3,(H,25,27). The smallest absolute Gasteiger partial charge is 0.251 e. The van der Waals surface area contributed by atoms with Crippen molar-refractivity contribution in [2.24, 2.45) is 0 Å². The fourth-order valence-corrected chi connectivity index (χ4v) is 4.38. The maximum Gasteiger partial charge on any atom is 0.251 e. The highest BCUT2D eigenvalue weighted by Crippen LogP contribution is 2.38. The van der Waals surface area contributed by atoms with Crippen molar-refractivity contribution in [3.8, 4) is 10.4 Å². The summed E-state index contributed by atoms with van der Waals surface area (Å²) in [5, 5.41) is 11.7. The van der Waals surface area contributed by atoms with Crippen molar-refractivity contribution < 1.29 is 9.59 Å². The summed E-state index contributed by atoms with van der Waals surface area (Å²) in [5.74, 6) is -0.287. The van der Waals surface area contributed by atoms with Gasteiger partial charge in [0.15, 0.2) is 0 Å². The fourth-order valence-electron chi connectivity index (χ4n) is 3.29. The molecule has 0 atom stereocenters. The summed E-state index contributed by atoms with van der Waals surface area (Å²) >= 11 is 1.59. The normalized spacial score (nSPS) is 11.4. The van der Waals surface area contributed by atoms with Gasteiger partial charge in [0.05, 0.1) is 0 Å². The number of amides is 1. The van der Waals surface area contributed by atoms with E-state index in [1.807, 2.05) is 44.2 Å². The van der Waals surface area contributed by atoms with Gasteiger partial charge in [-0.05, 0) is 50.4 Å². The minimum Gasteiger partial charge on any atom is -0.398 e. The number of nitrogen functional groups attached to an aromatic ring is 1. The van der Waals surface area contributed by atoms with Crippen LogP contribution in [0.5, 0.6) is 0 Å². The van der Waals surface area contributed by atoms with Gasteiger partial charge in [-0.2, -0.15) is 0 Å². The van der Waals surface area contributed by atoms with E-state index in [4.69, 9.17) is 11.1 Å². The van der Waals surface area contributed by atoms with Crippen LogP contribution in [0.1, 0.15) is 43.1 Å². The molecule has 0 unspecified atom stereocenters. The molecule has 1 amide bonds. The number of nitrogens with one attached hydrogen (secondary N) is 2. The molecular weight excluding hydrogens is 370 g/mol. The summed E-state index contributed by atoms with van der Waals surface area (Å²) in [6, 6.07) is 13.4. The van der Waals surface area contributed by atoms with Crippen molar-refractivity contribution in [2.45, 2.75) is 32.7 Å². The molecule has 0 aliphatic heterocycles. The van der Waals surface area contributed by atoms with Gasteiger partial charge in [0, 0.05) is 50.1 Å². The van der Waals surface area contributed by atoms with E-state index in [1.54, 1.807) is 23.5 Å². The summed E-state index contributed by atoms with van der Waals surface area (Å²) in [6.07, 6.45) is 1.40. The Bertz CT molecular complexity index is 1050. The predicted octanol–water partition coefficient (Wildman–Crippen LogP) is 4.64. The number of rotatable bonds is 6. The summed E-state index contributed by atoms with van der Waals surface area (Å²) < 4.78 is 1.13. The first-order valence-electron chi connectivity index (χ1n) is 8.95. The Hall–Kier alpha value is -2.99. The third-order valence-corrected chi connectivity index (χ3v) is 5.61. The van der Waals surface area contributed by atoms with Gasteiger partial charge in [-0.15, -0.1) is 11.3 Å². The van der Waals surface area contributed by atoms with E-state index in [1.165, 1.54) is 6.92 Å². The Labute approximate surface area is 168 Å². The number of hydrogen-bond acceptors (Lipinski definition) is 5. The fraction of sp³-hybridized carbons (Fsp3) is 0.227. The highest BCUT2D eigenvalue weighted by molar-refractivity contribution is 7.22. The lowest BCUT2D eigenvalue weighted by atomic mass is 9.96. The number of nitrogens with two attached hydrogens (primary N) is 1. The van der Waals surface area contributed by atoms with Crippen LogP contribution in [0.2, 0.25) is 0 Å². The minimum atomic E-state index is -0.660. The molecule has 0 spiro atoms. The maximum absolute atomic E-state index is 12.8. The third-order valence-electron chi connectivity index (χ3n) is 4.46. The average Bonchev–Trinajstić information content (AvgIpc) is 3.04. The van der Waals surface area contributed by atoms with Crippen LogP contribution in [-0.2, 0) is 4.79 Å². The molecule has 1 heterocycles. The Kier molecular flexibility index (Phi) is 5.34. The summed E-state index contributed by atoms with van der Waals surface area (Å²) in [4.78, 5) is 25.2. The number of fused-ring (bicyclic) bond motifs is 1. The second kappa shape index (κ2) is 7.56. The molecule has 0 saturated carbocycles. The van der Waals surface area contributed by atoms with Crippen molar-refractivity contribution in [2.75, 3.05) is 5.73 Å². The quantitative estimate of drug-likeness (QED) is 0.420. The van der Waals surface area contributed by atoms with Crippen LogP contribution in [-0.4, -0.2) is 23.4 Å². The zero-order valence-electron chi connectivity index (χ0n) is 16.1. The Balaban J connectivity index is 2.04. The van der Waals surface area contributed by atoms with Crippen LogP contribution in [0.25, 0.3) is 20.5 Å². The maximum atomic E-state index is 12.8. The molecule has 3 rings (SSSR count). The first-order valence-corrected chi connectivity index (χ1v) is 9.77. The Morgan fingerprint density at radius 2 is 1.93 bits per heavy atom. The lowest BCUT2D eigenvalue weighted by Gasteiger charge is -2.25. The molecule has 1 aromatic heterocycles. The largest absolute Gasteiger partial charge is 0.398 e. The molecule has 4 N–H and O–H groups in total. The van der Waals surface area contributed by atoms with Gasteiger partial charge in [0.25, 0.3) is 5.91 Å². The second-order valence-electron chi connectivity index (χ2n) is 7.54. The van der Waals surface area contributed by atoms with Gasteiger partial charge >= 0.3 is 0 Å². The van der Waals surface area contributed by atoms with Crippen molar-refractivity contribution in [1.82, 2.24) is 5.32 Å². The lowest BCUT2D eigenvalue weighted by Crippen LogP contribution is -2.44. The number of ketones is 1. The van der Waals surface area contributed by atoms with Crippen LogP contribution in [0, 0.1) is 5.41 Å². The summed E-state index contributed by atoms with van der Waals surface area (Å²) in [7, 11) is 0. The Morgan fingerprint density at radius 1 is 1.21 bits per heavy atom. The number of carbonyl (C=O) groups excluding carboxylic acids is 2. The first kappa shape index (κ1) is 19.8. The topological polar surface area (TPSA) is 96.0 Å². The average molecular weight is 394 g/mol. The van der Waals surface area contributed by atoms with Gasteiger partial charge in [0.2, 0.25) is 0 Å². The SMILES string of the molecule is CC(=O)CC(C)(C)NC(=O)c1cc(C=N)c(N)c(-c2cc3ccccc3s2)c1. The molecule has 0 aliphatic carbocycles. The second-order valence-corrected chi connectivity index (χ2v) is 8.62. The van der Waals surface area contributed by atoms with Crippen LogP contribution < -0.4 is 11.1 Å². The molecule has 6 heteroatoms. The van der Waals surface area contributed by atoms with Crippen LogP contribution in [0.4, 0.5) is 5.69 Å². The van der Waals surface area contributed by atoms with E-state index >= 15 is 0 Å². The van der Waals surface area contributed by atoms with Crippen molar-refractivity contribution in [1.29, 1.82) is 5.41 Å². The lowest BCUT2D eigenvalue weighted by molar-refractivity contribution is -0.118. The van der Waals surface area contributed by atoms with E-state index in [0.29, 0.717) is 16.8 Å².